The van der Waals surface area contributed by atoms with Crippen LogP contribution in [-0.4, -0.2) is 40.0 Å². The SMILES string of the molecule is CCc1nc2n(c1C(=O)N(CC)CC1CCC1)CCN2c1c(C)cc(C)cc1Br. The lowest BCUT2D eigenvalue weighted by Crippen LogP contribution is -2.38. The first-order chi connectivity index (χ1) is 13.9. The summed E-state index contributed by atoms with van der Waals surface area (Å²) in [5, 5.41) is 0. The first-order valence-electron chi connectivity index (χ1n) is 10.9. The van der Waals surface area contributed by atoms with Crippen LogP contribution in [0.3, 0.4) is 0 Å². The van der Waals surface area contributed by atoms with E-state index in [2.05, 4.69) is 65.2 Å². The predicted molar refractivity (Wildman–Crippen MR) is 121 cm³/mol. The normalized spacial score (nSPS) is 16.1. The molecule has 4 rings (SSSR count). The van der Waals surface area contributed by atoms with Crippen LogP contribution in [0.5, 0.6) is 0 Å². The topological polar surface area (TPSA) is 41.4 Å². The van der Waals surface area contributed by atoms with Gasteiger partial charge in [0.05, 0.1) is 11.4 Å². The zero-order valence-corrected chi connectivity index (χ0v) is 19.5. The Hall–Kier alpha value is -1.82. The molecule has 0 saturated heterocycles. The van der Waals surface area contributed by atoms with E-state index in [-0.39, 0.29) is 5.91 Å². The summed E-state index contributed by atoms with van der Waals surface area (Å²) in [5.74, 6) is 1.72. The van der Waals surface area contributed by atoms with Crippen LogP contribution in [0.2, 0.25) is 0 Å². The van der Waals surface area contributed by atoms with Crippen molar-refractivity contribution in [3.05, 3.63) is 39.1 Å². The summed E-state index contributed by atoms with van der Waals surface area (Å²) >= 11 is 3.75. The molecule has 6 heteroatoms. The van der Waals surface area contributed by atoms with Crippen LogP contribution in [0.4, 0.5) is 11.6 Å². The lowest BCUT2D eigenvalue weighted by Gasteiger charge is -2.32. The summed E-state index contributed by atoms with van der Waals surface area (Å²) in [5.41, 5.74) is 5.33. The summed E-state index contributed by atoms with van der Waals surface area (Å²) < 4.78 is 3.23. The fraction of sp³-hybridized carbons (Fsp3) is 0.565. The van der Waals surface area contributed by atoms with E-state index in [0.717, 1.165) is 60.1 Å². The molecule has 1 amide bonds. The van der Waals surface area contributed by atoms with Gasteiger partial charge in [0.1, 0.15) is 5.69 Å². The summed E-state index contributed by atoms with van der Waals surface area (Å²) in [7, 11) is 0. The molecule has 0 atom stereocenters. The highest BCUT2D eigenvalue weighted by atomic mass is 79.9. The number of aryl methyl sites for hydroxylation is 3. The Labute approximate surface area is 182 Å². The Morgan fingerprint density at radius 1 is 1.24 bits per heavy atom. The Kier molecular flexibility index (Phi) is 5.74. The third-order valence-electron chi connectivity index (χ3n) is 6.39. The van der Waals surface area contributed by atoms with E-state index in [1.165, 1.54) is 30.4 Å². The number of hydrogen-bond acceptors (Lipinski definition) is 3. The molecule has 0 N–H and O–H groups in total. The molecule has 5 nitrogen and oxygen atoms in total. The maximum Gasteiger partial charge on any atom is 0.272 e. The average Bonchev–Trinajstić information content (AvgIpc) is 3.19. The molecule has 2 aliphatic rings. The molecule has 29 heavy (non-hydrogen) atoms. The fourth-order valence-corrected chi connectivity index (χ4v) is 5.54. The molecule has 0 bridgehead atoms. The van der Waals surface area contributed by atoms with Gasteiger partial charge in [-0.3, -0.25) is 4.79 Å². The number of fused-ring (bicyclic) bond motifs is 1. The van der Waals surface area contributed by atoms with Gasteiger partial charge < -0.3 is 14.4 Å². The van der Waals surface area contributed by atoms with Gasteiger partial charge in [0.15, 0.2) is 0 Å². The van der Waals surface area contributed by atoms with Gasteiger partial charge in [0, 0.05) is 30.7 Å². The van der Waals surface area contributed by atoms with Gasteiger partial charge in [0.2, 0.25) is 5.95 Å². The molecule has 2 heterocycles. The lowest BCUT2D eigenvalue weighted by molar-refractivity contribution is 0.0695. The van der Waals surface area contributed by atoms with Crippen LogP contribution in [0, 0.1) is 19.8 Å². The number of carbonyl (C=O) groups is 1. The Bertz CT molecular complexity index is 908. The van der Waals surface area contributed by atoms with Crippen molar-refractivity contribution >= 4 is 33.5 Å². The van der Waals surface area contributed by atoms with Gasteiger partial charge in [-0.2, -0.15) is 0 Å². The first-order valence-corrected chi connectivity index (χ1v) is 11.7. The van der Waals surface area contributed by atoms with E-state index in [4.69, 9.17) is 4.98 Å². The zero-order valence-electron chi connectivity index (χ0n) is 18.0. The lowest BCUT2D eigenvalue weighted by atomic mass is 9.85. The second-order valence-electron chi connectivity index (χ2n) is 8.42. The van der Waals surface area contributed by atoms with E-state index >= 15 is 0 Å². The van der Waals surface area contributed by atoms with Crippen molar-refractivity contribution in [1.82, 2.24) is 14.5 Å². The zero-order chi connectivity index (χ0) is 20.7. The third-order valence-corrected chi connectivity index (χ3v) is 6.99. The van der Waals surface area contributed by atoms with Gasteiger partial charge >= 0.3 is 0 Å². The van der Waals surface area contributed by atoms with Crippen LogP contribution in [0.1, 0.15) is 60.4 Å². The van der Waals surface area contributed by atoms with Gasteiger partial charge in [0.25, 0.3) is 5.91 Å². The standard InChI is InChI=1S/C23H31BrN4O/c1-5-19-21(22(29)26(6-2)14-17-8-7-9-17)28-11-10-27(23(28)25-19)20-16(4)12-15(3)13-18(20)24/h12-13,17H,5-11,14H2,1-4H3. The highest BCUT2D eigenvalue weighted by Crippen LogP contribution is 2.39. The number of benzene rings is 1. The molecule has 2 aromatic rings. The van der Waals surface area contributed by atoms with Crippen LogP contribution in [0.25, 0.3) is 0 Å². The van der Waals surface area contributed by atoms with Gasteiger partial charge in [-0.15, -0.1) is 0 Å². The van der Waals surface area contributed by atoms with E-state index < -0.39 is 0 Å². The summed E-state index contributed by atoms with van der Waals surface area (Å²) in [6.07, 6.45) is 4.58. The molecule has 1 saturated carbocycles. The third kappa shape index (κ3) is 3.60. The van der Waals surface area contributed by atoms with E-state index in [1.54, 1.807) is 0 Å². The molecule has 1 fully saturated rings. The van der Waals surface area contributed by atoms with E-state index in [1.807, 2.05) is 4.90 Å². The maximum atomic E-state index is 13.5. The summed E-state index contributed by atoms with van der Waals surface area (Å²) in [6.45, 7) is 11.7. The monoisotopic (exact) mass is 458 g/mol. The second-order valence-corrected chi connectivity index (χ2v) is 9.27. The maximum absolute atomic E-state index is 13.5. The van der Waals surface area contributed by atoms with E-state index in [9.17, 15) is 4.79 Å². The average molecular weight is 459 g/mol. The Balaban J connectivity index is 1.70. The molecule has 1 aromatic carbocycles. The first kappa shape index (κ1) is 20.5. The fourth-order valence-electron chi connectivity index (χ4n) is 4.65. The van der Waals surface area contributed by atoms with Crippen molar-refractivity contribution in [1.29, 1.82) is 0 Å². The number of aromatic nitrogens is 2. The number of halogens is 1. The van der Waals surface area contributed by atoms with Crippen LogP contribution >= 0.6 is 15.9 Å². The molecule has 1 aliphatic heterocycles. The molecule has 0 spiro atoms. The van der Waals surface area contributed by atoms with Crippen molar-refractivity contribution in [3.8, 4) is 0 Å². The summed E-state index contributed by atoms with van der Waals surface area (Å²) in [4.78, 5) is 22.7. The Morgan fingerprint density at radius 3 is 2.59 bits per heavy atom. The van der Waals surface area contributed by atoms with Crippen LogP contribution < -0.4 is 4.90 Å². The van der Waals surface area contributed by atoms with Crippen molar-refractivity contribution in [3.63, 3.8) is 0 Å². The molecule has 156 valence electrons. The highest BCUT2D eigenvalue weighted by molar-refractivity contribution is 9.10. The second kappa shape index (κ2) is 8.13. The van der Waals surface area contributed by atoms with Crippen molar-refractivity contribution in [2.45, 2.75) is 59.9 Å². The van der Waals surface area contributed by atoms with Gasteiger partial charge in [-0.1, -0.05) is 19.4 Å². The number of nitrogens with zero attached hydrogens (tertiary/aromatic N) is 4. The predicted octanol–water partition coefficient (Wildman–Crippen LogP) is 5.24. The van der Waals surface area contributed by atoms with Crippen LogP contribution in [-0.2, 0) is 13.0 Å². The number of amides is 1. The minimum absolute atomic E-state index is 0.150. The van der Waals surface area contributed by atoms with Crippen LogP contribution in [0.15, 0.2) is 16.6 Å². The summed E-state index contributed by atoms with van der Waals surface area (Å²) in [6, 6.07) is 4.36. The van der Waals surface area contributed by atoms with Crippen molar-refractivity contribution in [2.24, 2.45) is 5.92 Å². The highest BCUT2D eigenvalue weighted by Gasteiger charge is 2.34. The molecule has 1 aliphatic carbocycles. The molecule has 0 radical (unpaired) electrons. The van der Waals surface area contributed by atoms with Gasteiger partial charge in [-0.05, 0) is 79.1 Å². The minimum atomic E-state index is 0.150. The van der Waals surface area contributed by atoms with Crippen molar-refractivity contribution in [2.75, 3.05) is 24.5 Å². The van der Waals surface area contributed by atoms with E-state index in [0.29, 0.717) is 5.92 Å². The number of anilines is 2. The minimum Gasteiger partial charge on any atom is -0.337 e. The van der Waals surface area contributed by atoms with Gasteiger partial charge in [-0.25, -0.2) is 4.98 Å². The number of rotatable bonds is 6. The largest absolute Gasteiger partial charge is 0.337 e. The smallest absolute Gasteiger partial charge is 0.272 e. The molecular formula is C23H31BrN4O. The molecular weight excluding hydrogens is 428 g/mol. The number of hydrogen-bond donors (Lipinski definition) is 0. The number of imidazole rings is 1. The Morgan fingerprint density at radius 2 is 2.00 bits per heavy atom. The van der Waals surface area contributed by atoms with Crippen molar-refractivity contribution < 1.29 is 4.79 Å². The molecule has 1 aromatic heterocycles. The number of carbonyl (C=O) groups excluding carboxylic acids is 1. The quantitative estimate of drug-likeness (QED) is 0.594. The molecule has 0 unspecified atom stereocenters.